The van der Waals surface area contributed by atoms with Gasteiger partial charge in [0, 0.05) is 6.42 Å². The Hall–Kier alpha value is -0.820. The molecule has 0 aromatic heterocycles. The van der Waals surface area contributed by atoms with Crippen molar-refractivity contribution in [1.82, 2.24) is 0 Å². The summed E-state index contributed by atoms with van der Waals surface area (Å²) in [6.45, 7) is 6.34. The molecule has 0 unspecified atom stereocenters. The molecule has 0 heterocycles. The van der Waals surface area contributed by atoms with Crippen molar-refractivity contribution in [3.63, 3.8) is 0 Å². The predicted octanol–water partition coefficient (Wildman–Crippen LogP) is 3.82. The molecule has 0 bridgehead atoms. The first-order chi connectivity index (χ1) is 6.92. The second-order valence-electron chi connectivity index (χ2n) is 4.61. The average Bonchev–Trinajstić information content (AvgIpc) is 2.16. The van der Waals surface area contributed by atoms with Crippen molar-refractivity contribution in [1.29, 1.82) is 0 Å². The lowest BCUT2D eigenvalue weighted by Crippen LogP contribution is -2.17. The molecule has 15 heavy (non-hydrogen) atoms. The molecule has 0 atom stereocenters. The smallest absolute Gasteiger partial charge is 0.221 e. The van der Waals surface area contributed by atoms with Gasteiger partial charge >= 0.3 is 0 Å². The summed E-state index contributed by atoms with van der Waals surface area (Å²) >= 11 is 5.36. The van der Waals surface area contributed by atoms with Gasteiger partial charge in [0.15, 0.2) is 0 Å². The Morgan fingerprint density at radius 1 is 1.27 bits per heavy atom. The zero-order chi connectivity index (χ0) is 11.5. The summed E-state index contributed by atoms with van der Waals surface area (Å²) < 4.78 is 0. The van der Waals surface area contributed by atoms with E-state index in [1.807, 2.05) is 0 Å². The quantitative estimate of drug-likeness (QED) is 0.711. The Morgan fingerprint density at radius 2 is 1.80 bits per heavy atom. The minimum absolute atomic E-state index is 0.0122. The number of carbonyl (C=O) groups excluding carboxylic acids is 1. The van der Waals surface area contributed by atoms with E-state index in [-0.39, 0.29) is 10.7 Å². The molecule has 1 aromatic carbocycles. The zero-order valence-corrected chi connectivity index (χ0v) is 10.3. The summed E-state index contributed by atoms with van der Waals surface area (Å²) in [5.74, 6) is 0. The van der Waals surface area contributed by atoms with Crippen LogP contribution in [0.5, 0.6) is 0 Å². The fraction of sp³-hybridized carbons (Fsp3) is 0.462. The van der Waals surface area contributed by atoms with Crippen LogP contribution in [0.3, 0.4) is 0 Å². The average molecular weight is 225 g/mol. The first-order valence-electron chi connectivity index (χ1n) is 5.17. The summed E-state index contributed by atoms with van der Waals surface area (Å²) in [5.41, 5.74) is 2.52. The maximum atomic E-state index is 10.7. The lowest BCUT2D eigenvalue weighted by molar-refractivity contribution is -0.112. The van der Waals surface area contributed by atoms with Gasteiger partial charge in [0.05, 0.1) is 0 Å². The van der Waals surface area contributed by atoms with Crippen LogP contribution in [0.1, 0.15) is 37.8 Å². The van der Waals surface area contributed by atoms with Gasteiger partial charge in [-0.3, -0.25) is 4.79 Å². The molecule has 0 aliphatic rings. The van der Waals surface area contributed by atoms with Crippen LogP contribution in [0.15, 0.2) is 24.3 Å². The Labute approximate surface area is 96.5 Å². The number of aryl methyl sites for hydroxylation is 1. The monoisotopic (exact) mass is 224 g/mol. The minimum atomic E-state index is -0.254. The Morgan fingerprint density at radius 3 is 2.27 bits per heavy atom. The van der Waals surface area contributed by atoms with Crippen LogP contribution in [-0.2, 0) is 10.2 Å². The van der Waals surface area contributed by atoms with Crippen molar-refractivity contribution in [2.24, 2.45) is 0 Å². The van der Waals surface area contributed by atoms with Crippen LogP contribution in [-0.4, -0.2) is 5.24 Å². The highest BCUT2D eigenvalue weighted by Gasteiger charge is 2.20. The van der Waals surface area contributed by atoms with Crippen LogP contribution in [0, 0.1) is 6.92 Å². The van der Waals surface area contributed by atoms with Crippen LogP contribution >= 0.6 is 11.6 Å². The maximum Gasteiger partial charge on any atom is 0.221 e. The second-order valence-corrected chi connectivity index (χ2v) is 5.03. The van der Waals surface area contributed by atoms with Crippen LogP contribution in [0.4, 0.5) is 0 Å². The molecule has 0 saturated heterocycles. The standard InChI is InChI=1S/C13H17ClO/c1-10-4-6-11(7-5-10)13(2,3)9-8-12(14)15/h4-7H,8-9H2,1-3H3. The molecule has 0 saturated carbocycles. The van der Waals surface area contributed by atoms with E-state index in [9.17, 15) is 4.79 Å². The van der Waals surface area contributed by atoms with Crippen LogP contribution in [0.2, 0.25) is 0 Å². The largest absolute Gasteiger partial charge is 0.281 e. The Bertz CT molecular complexity index is 338. The summed E-state index contributed by atoms with van der Waals surface area (Å²) in [7, 11) is 0. The molecule has 0 amide bonds. The van der Waals surface area contributed by atoms with Crippen molar-refractivity contribution < 1.29 is 4.79 Å². The highest BCUT2D eigenvalue weighted by molar-refractivity contribution is 6.63. The predicted molar refractivity (Wildman–Crippen MR) is 64.3 cm³/mol. The van der Waals surface area contributed by atoms with Crippen molar-refractivity contribution >= 4 is 16.8 Å². The van der Waals surface area contributed by atoms with E-state index < -0.39 is 0 Å². The number of halogens is 1. The molecule has 1 aromatic rings. The number of rotatable bonds is 4. The first-order valence-corrected chi connectivity index (χ1v) is 5.55. The third-order valence-corrected chi connectivity index (χ3v) is 2.97. The Kier molecular flexibility index (Phi) is 3.92. The topological polar surface area (TPSA) is 17.1 Å². The second kappa shape index (κ2) is 4.80. The van der Waals surface area contributed by atoms with Gasteiger partial charge < -0.3 is 0 Å². The van der Waals surface area contributed by atoms with Gasteiger partial charge in [0.25, 0.3) is 0 Å². The van der Waals surface area contributed by atoms with Crippen LogP contribution in [0.25, 0.3) is 0 Å². The fourth-order valence-electron chi connectivity index (χ4n) is 1.56. The molecule has 0 aliphatic heterocycles. The molecule has 0 radical (unpaired) electrons. The molecule has 2 heteroatoms. The van der Waals surface area contributed by atoms with Gasteiger partial charge in [-0.05, 0) is 35.9 Å². The molecule has 1 rings (SSSR count). The molecule has 1 nitrogen and oxygen atoms in total. The lowest BCUT2D eigenvalue weighted by atomic mass is 9.80. The minimum Gasteiger partial charge on any atom is -0.281 e. The van der Waals surface area contributed by atoms with Gasteiger partial charge in [0.1, 0.15) is 0 Å². The molecule has 0 spiro atoms. The van der Waals surface area contributed by atoms with E-state index in [1.54, 1.807) is 0 Å². The van der Waals surface area contributed by atoms with E-state index in [4.69, 9.17) is 11.6 Å². The van der Waals surface area contributed by atoms with E-state index >= 15 is 0 Å². The maximum absolute atomic E-state index is 10.7. The van der Waals surface area contributed by atoms with Gasteiger partial charge in [-0.2, -0.15) is 0 Å². The van der Waals surface area contributed by atoms with Crippen molar-refractivity contribution in [2.75, 3.05) is 0 Å². The molecular weight excluding hydrogens is 208 g/mol. The summed E-state index contributed by atoms with van der Waals surface area (Å²) in [6.07, 6.45) is 1.22. The van der Waals surface area contributed by atoms with Gasteiger partial charge in [-0.15, -0.1) is 0 Å². The number of hydrogen-bond donors (Lipinski definition) is 0. The van der Waals surface area contributed by atoms with Crippen LogP contribution < -0.4 is 0 Å². The highest BCUT2D eigenvalue weighted by Crippen LogP contribution is 2.28. The Balaban J connectivity index is 2.76. The summed E-state index contributed by atoms with van der Waals surface area (Å²) in [4.78, 5) is 10.7. The molecule has 82 valence electrons. The van der Waals surface area contributed by atoms with Gasteiger partial charge in [-0.1, -0.05) is 43.7 Å². The third-order valence-electron chi connectivity index (χ3n) is 2.78. The van der Waals surface area contributed by atoms with E-state index in [1.165, 1.54) is 11.1 Å². The summed E-state index contributed by atoms with van der Waals surface area (Å²) in [6, 6.07) is 8.43. The molecule has 0 N–H and O–H groups in total. The van der Waals surface area contributed by atoms with Crippen molar-refractivity contribution in [3.05, 3.63) is 35.4 Å². The molecule has 0 fully saturated rings. The van der Waals surface area contributed by atoms with E-state index in [0.717, 1.165) is 6.42 Å². The van der Waals surface area contributed by atoms with E-state index in [0.29, 0.717) is 6.42 Å². The number of carbonyl (C=O) groups is 1. The number of benzene rings is 1. The third kappa shape index (κ3) is 3.67. The van der Waals surface area contributed by atoms with Crippen molar-refractivity contribution in [3.8, 4) is 0 Å². The van der Waals surface area contributed by atoms with Crippen molar-refractivity contribution in [2.45, 2.75) is 39.0 Å². The lowest BCUT2D eigenvalue weighted by Gasteiger charge is -2.24. The zero-order valence-electron chi connectivity index (χ0n) is 9.51. The van der Waals surface area contributed by atoms with Gasteiger partial charge in [0.2, 0.25) is 5.24 Å². The van der Waals surface area contributed by atoms with E-state index in [2.05, 4.69) is 45.0 Å². The SMILES string of the molecule is Cc1ccc(C(C)(C)CCC(=O)Cl)cc1. The number of hydrogen-bond acceptors (Lipinski definition) is 1. The van der Waals surface area contributed by atoms with Gasteiger partial charge in [-0.25, -0.2) is 0 Å². The summed E-state index contributed by atoms with van der Waals surface area (Å²) in [5, 5.41) is -0.254. The molecular formula is C13H17ClO. The normalized spacial score (nSPS) is 11.5. The highest BCUT2D eigenvalue weighted by atomic mass is 35.5. The fourth-order valence-corrected chi connectivity index (χ4v) is 1.65. The first kappa shape index (κ1) is 12.3. The molecule has 0 aliphatic carbocycles.